The van der Waals surface area contributed by atoms with Gasteiger partial charge in [-0.3, -0.25) is 0 Å². The summed E-state index contributed by atoms with van der Waals surface area (Å²) in [6, 6.07) is 27.3. The van der Waals surface area contributed by atoms with Crippen molar-refractivity contribution in [2.45, 2.75) is 24.1 Å². The lowest BCUT2D eigenvalue weighted by Gasteiger charge is -2.11. The molecule has 0 bridgehead atoms. The summed E-state index contributed by atoms with van der Waals surface area (Å²) in [5.74, 6) is 0.959. The highest BCUT2D eigenvalue weighted by molar-refractivity contribution is 7.98. The molecular formula is C22H22N2S2. The predicted molar refractivity (Wildman–Crippen MR) is 117 cm³/mol. The summed E-state index contributed by atoms with van der Waals surface area (Å²) in [7, 11) is 0. The maximum atomic E-state index is 5.38. The summed E-state index contributed by atoms with van der Waals surface area (Å²) < 4.78 is 0. The molecule has 2 nitrogen and oxygen atoms in total. The van der Waals surface area contributed by atoms with Crippen LogP contribution in [-0.2, 0) is 12.3 Å². The largest absolute Gasteiger partial charge is 0.358 e. The third-order valence-corrected chi connectivity index (χ3v) is 5.26. The number of aryl methyl sites for hydroxylation is 1. The van der Waals surface area contributed by atoms with Crippen molar-refractivity contribution >= 4 is 34.8 Å². The Morgan fingerprint density at radius 1 is 0.846 bits per heavy atom. The van der Waals surface area contributed by atoms with Crippen LogP contribution in [0.15, 0.2) is 83.8 Å². The normalized spacial score (nSPS) is 10.3. The number of thiocarbonyl (C=S) groups is 1. The van der Waals surface area contributed by atoms with E-state index in [9.17, 15) is 0 Å². The van der Waals surface area contributed by atoms with Crippen molar-refractivity contribution in [3.05, 3.63) is 95.6 Å². The SMILES string of the molecule is Cc1ccc(CNC(=S)Nc2ccc(CSc3ccccc3)cc2)cc1. The summed E-state index contributed by atoms with van der Waals surface area (Å²) in [6.07, 6.45) is 0. The number of hydrogen-bond donors (Lipinski definition) is 2. The van der Waals surface area contributed by atoms with E-state index >= 15 is 0 Å². The van der Waals surface area contributed by atoms with Gasteiger partial charge >= 0.3 is 0 Å². The molecule has 4 heteroatoms. The zero-order valence-corrected chi connectivity index (χ0v) is 16.4. The smallest absolute Gasteiger partial charge is 0.171 e. The van der Waals surface area contributed by atoms with Crippen LogP contribution >= 0.6 is 24.0 Å². The second-order valence-corrected chi connectivity index (χ2v) is 7.55. The number of thioether (sulfide) groups is 1. The van der Waals surface area contributed by atoms with E-state index in [1.54, 1.807) is 0 Å². The van der Waals surface area contributed by atoms with Crippen molar-refractivity contribution in [1.82, 2.24) is 5.32 Å². The Morgan fingerprint density at radius 2 is 1.50 bits per heavy atom. The van der Waals surface area contributed by atoms with E-state index in [4.69, 9.17) is 12.2 Å². The van der Waals surface area contributed by atoms with Gasteiger partial charge in [0.25, 0.3) is 0 Å². The zero-order valence-electron chi connectivity index (χ0n) is 14.7. The summed E-state index contributed by atoms with van der Waals surface area (Å²) in [5, 5.41) is 7.12. The van der Waals surface area contributed by atoms with Crippen LogP contribution in [0.3, 0.4) is 0 Å². The minimum Gasteiger partial charge on any atom is -0.358 e. The highest BCUT2D eigenvalue weighted by atomic mass is 32.2. The molecule has 0 radical (unpaired) electrons. The van der Waals surface area contributed by atoms with Crippen LogP contribution in [0.25, 0.3) is 0 Å². The number of benzene rings is 3. The Morgan fingerprint density at radius 3 is 2.19 bits per heavy atom. The molecule has 0 aliphatic carbocycles. The molecule has 0 spiro atoms. The molecule has 3 aromatic carbocycles. The average Bonchev–Trinajstić information content (AvgIpc) is 2.68. The van der Waals surface area contributed by atoms with Crippen molar-refractivity contribution in [3.8, 4) is 0 Å². The minimum absolute atomic E-state index is 0.636. The van der Waals surface area contributed by atoms with E-state index in [1.165, 1.54) is 21.6 Å². The van der Waals surface area contributed by atoms with Crippen LogP contribution in [0.2, 0.25) is 0 Å². The van der Waals surface area contributed by atoms with Crippen LogP contribution < -0.4 is 10.6 Å². The summed E-state index contributed by atoms with van der Waals surface area (Å²) in [4.78, 5) is 1.29. The number of nitrogens with one attached hydrogen (secondary N) is 2. The Balaban J connectivity index is 1.45. The van der Waals surface area contributed by atoms with Gasteiger partial charge in [0, 0.05) is 22.9 Å². The van der Waals surface area contributed by atoms with Crippen LogP contribution in [0.4, 0.5) is 5.69 Å². The highest BCUT2D eigenvalue weighted by Crippen LogP contribution is 2.23. The van der Waals surface area contributed by atoms with Gasteiger partial charge in [0.15, 0.2) is 5.11 Å². The fourth-order valence-electron chi connectivity index (χ4n) is 2.43. The Kier molecular flexibility index (Phi) is 6.69. The minimum atomic E-state index is 0.636. The molecule has 0 aliphatic heterocycles. The van der Waals surface area contributed by atoms with Crippen molar-refractivity contribution in [1.29, 1.82) is 0 Å². The lowest BCUT2D eigenvalue weighted by Crippen LogP contribution is -2.27. The van der Waals surface area contributed by atoms with E-state index < -0.39 is 0 Å². The maximum absolute atomic E-state index is 5.38. The second kappa shape index (κ2) is 9.41. The molecule has 132 valence electrons. The Hall–Kier alpha value is -2.30. The number of anilines is 1. The molecule has 0 fully saturated rings. The molecule has 0 saturated carbocycles. The molecule has 0 aliphatic rings. The molecular weight excluding hydrogens is 356 g/mol. The zero-order chi connectivity index (χ0) is 18.2. The van der Waals surface area contributed by atoms with Crippen molar-refractivity contribution in [2.24, 2.45) is 0 Å². The van der Waals surface area contributed by atoms with Gasteiger partial charge in [-0.05, 0) is 54.5 Å². The fraction of sp³-hybridized carbons (Fsp3) is 0.136. The molecule has 0 heterocycles. The van der Waals surface area contributed by atoms with Gasteiger partial charge in [-0.1, -0.05) is 60.2 Å². The summed E-state index contributed by atoms with van der Waals surface area (Å²) >= 11 is 7.22. The molecule has 0 aromatic heterocycles. The van der Waals surface area contributed by atoms with Crippen molar-refractivity contribution < 1.29 is 0 Å². The van der Waals surface area contributed by atoms with Crippen LogP contribution in [0.5, 0.6) is 0 Å². The standard InChI is InChI=1S/C22H22N2S2/c1-17-7-9-18(10-8-17)15-23-22(25)24-20-13-11-19(12-14-20)16-26-21-5-3-2-4-6-21/h2-14H,15-16H2,1H3,(H2,23,24,25). The lowest BCUT2D eigenvalue weighted by molar-refractivity contribution is 0.925. The van der Waals surface area contributed by atoms with E-state index in [2.05, 4.69) is 90.4 Å². The Bertz CT molecular complexity index is 828. The molecule has 0 saturated heterocycles. The number of hydrogen-bond acceptors (Lipinski definition) is 2. The first-order valence-corrected chi connectivity index (χ1v) is 9.95. The van der Waals surface area contributed by atoms with Gasteiger partial charge in [0.2, 0.25) is 0 Å². The summed E-state index contributed by atoms with van der Waals surface area (Å²) in [5.41, 5.74) is 4.77. The topological polar surface area (TPSA) is 24.1 Å². The molecule has 2 N–H and O–H groups in total. The van der Waals surface area contributed by atoms with Crippen molar-refractivity contribution in [2.75, 3.05) is 5.32 Å². The van der Waals surface area contributed by atoms with E-state index in [0.717, 1.165) is 18.0 Å². The van der Waals surface area contributed by atoms with Gasteiger partial charge in [0.05, 0.1) is 0 Å². The van der Waals surface area contributed by atoms with Gasteiger partial charge < -0.3 is 10.6 Å². The average molecular weight is 379 g/mol. The van der Waals surface area contributed by atoms with Crippen molar-refractivity contribution in [3.63, 3.8) is 0 Å². The fourth-order valence-corrected chi connectivity index (χ4v) is 3.50. The van der Waals surface area contributed by atoms with E-state index in [1.807, 2.05) is 17.8 Å². The Labute approximate surface area is 165 Å². The van der Waals surface area contributed by atoms with Gasteiger partial charge in [-0.2, -0.15) is 0 Å². The number of rotatable bonds is 6. The monoisotopic (exact) mass is 378 g/mol. The molecule has 0 atom stereocenters. The lowest BCUT2D eigenvalue weighted by atomic mass is 10.1. The van der Waals surface area contributed by atoms with E-state index in [-0.39, 0.29) is 0 Å². The van der Waals surface area contributed by atoms with E-state index in [0.29, 0.717) is 5.11 Å². The summed E-state index contributed by atoms with van der Waals surface area (Å²) in [6.45, 7) is 2.81. The molecule has 0 unspecified atom stereocenters. The molecule has 26 heavy (non-hydrogen) atoms. The first kappa shape index (κ1) is 18.5. The van der Waals surface area contributed by atoms with Crippen LogP contribution in [-0.4, -0.2) is 5.11 Å². The third-order valence-electron chi connectivity index (χ3n) is 3.93. The quantitative estimate of drug-likeness (QED) is 0.420. The highest BCUT2D eigenvalue weighted by Gasteiger charge is 2.00. The van der Waals surface area contributed by atoms with Crippen LogP contribution in [0.1, 0.15) is 16.7 Å². The van der Waals surface area contributed by atoms with Gasteiger partial charge in [0.1, 0.15) is 0 Å². The second-order valence-electron chi connectivity index (χ2n) is 6.09. The molecule has 3 rings (SSSR count). The predicted octanol–water partition coefficient (Wildman–Crippen LogP) is 5.77. The van der Waals surface area contributed by atoms with Gasteiger partial charge in [-0.15, -0.1) is 11.8 Å². The first-order chi connectivity index (χ1) is 12.7. The molecule has 3 aromatic rings. The first-order valence-electron chi connectivity index (χ1n) is 8.56. The van der Waals surface area contributed by atoms with Gasteiger partial charge in [-0.25, -0.2) is 0 Å². The third kappa shape index (κ3) is 5.90. The molecule has 0 amide bonds. The van der Waals surface area contributed by atoms with Crippen LogP contribution in [0, 0.1) is 6.92 Å². The maximum Gasteiger partial charge on any atom is 0.171 e.